The number of hydrogen-bond donors (Lipinski definition) is 2. The van der Waals surface area contributed by atoms with Crippen LogP contribution in [0.15, 0.2) is 5.16 Å². The summed E-state index contributed by atoms with van der Waals surface area (Å²) in [7, 11) is 0. The highest BCUT2D eigenvalue weighted by Crippen LogP contribution is 2.27. The zero-order chi connectivity index (χ0) is 12.1. The van der Waals surface area contributed by atoms with Gasteiger partial charge in [0, 0.05) is 36.1 Å². The molecule has 1 aliphatic rings. The molecule has 0 spiro atoms. The van der Waals surface area contributed by atoms with E-state index in [4.69, 9.17) is 10.9 Å². The van der Waals surface area contributed by atoms with E-state index in [-0.39, 0.29) is 0 Å². The van der Waals surface area contributed by atoms with E-state index in [0.29, 0.717) is 28.8 Å². The summed E-state index contributed by atoms with van der Waals surface area (Å²) in [4.78, 5) is 2.48. The molecule has 0 aromatic rings. The van der Waals surface area contributed by atoms with Crippen molar-refractivity contribution in [1.29, 1.82) is 0 Å². The van der Waals surface area contributed by atoms with Gasteiger partial charge in [-0.05, 0) is 6.42 Å². The van der Waals surface area contributed by atoms with Gasteiger partial charge >= 0.3 is 0 Å². The molecule has 1 rings (SSSR count). The normalized spacial score (nSPS) is 30.3. The lowest BCUT2D eigenvalue weighted by Crippen LogP contribution is -2.47. The number of amidine groups is 1. The zero-order valence-corrected chi connectivity index (χ0v) is 11.2. The van der Waals surface area contributed by atoms with Crippen molar-refractivity contribution in [1.82, 2.24) is 4.90 Å². The number of nitrogens with zero attached hydrogens (tertiary/aromatic N) is 2. The van der Waals surface area contributed by atoms with Crippen LogP contribution in [0.4, 0.5) is 0 Å². The summed E-state index contributed by atoms with van der Waals surface area (Å²) in [5.41, 5.74) is 5.59. The number of thioether (sulfide) groups is 1. The van der Waals surface area contributed by atoms with Gasteiger partial charge in [-0.2, -0.15) is 11.8 Å². The Morgan fingerprint density at radius 2 is 2.06 bits per heavy atom. The van der Waals surface area contributed by atoms with Gasteiger partial charge in [-0.15, -0.1) is 0 Å². The van der Waals surface area contributed by atoms with Crippen LogP contribution in [0.5, 0.6) is 0 Å². The predicted octanol–water partition coefficient (Wildman–Crippen LogP) is 1.73. The van der Waals surface area contributed by atoms with Crippen LogP contribution < -0.4 is 5.73 Å². The first kappa shape index (κ1) is 13.6. The van der Waals surface area contributed by atoms with E-state index in [2.05, 4.69) is 30.8 Å². The molecule has 3 N–H and O–H groups in total. The van der Waals surface area contributed by atoms with Crippen molar-refractivity contribution in [3.63, 3.8) is 0 Å². The summed E-state index contributed by atoms with van der Waals surface area (Å²) in [5, 5.41) is 13.0. The fourth-order valence-electron chi connectivity index (χ4n) is 2.33. The molecule has 1 aliphatic heterocycles. The highest BCUT2D eigenvalue weighted by molar-refractivity contribution is 8.00. The van der Waals surface area contributed by atoms with Crippen molar-refractivity contribution >= 4 is 17.6 Å². The average Bonchev–Trinajstić information content (AvgIpc) is 2.24. The minimum atomic E-state index is 0.338. The predicted molar refractivity (Wildman–Crippen MR) is 70.2 cm³/mol. The molecule has 0 aromatic carbocycles. The molecule has 0 aromatic heterocycles. The fourth-order valence-corrected chi connectivity index (χ4v) is 3.68. The van der Waals surface area contributed by atoms with Crippen LogP contribution >= 0.6 is 11.8 Å². The Labute approximate surface area is 102 Å². The second kappa shape index (κ2) is 6.35. The highest BCUT2D eigenvalue weighted by atomic mass is 32.2. The van der Waals surface area contributed by atoms with Crippen molar-refractivity contribution in [2.75, 3.05) is 13.1 Å². The summed E-state index contributed by atoms with van der Waals surface area (Å²) in [6.45, 7) is 8.90. The van der Waals surface area contributed by atoms with Crippen LogP contribution in [0.25, 0.3) is 0 Å². The SMILES string of the molecule is CCC(CC(N)=NO)N1CC(C)SC(C)C1. The summed E-state index contributed by atoms with van der Waals surface area (Å²) in [6, 6.07) is 0.404. The van der Waals surface area contributed by atoms with Crippen molar-refractivity contribution in [2.45, 2.75) is 50.2 Å². The monoisotopic (exact) mass is 245 g/mol. The molecule has 5 heteroatoms. The Hall–Kier alpha value is -0.420. The molecular weight excluding hydrogens is 222 g/mol. The van der Waals surface area contributed by atoms with Gasteiger partial charge in [0.05, 0.1) is 0 Å². The maximum Gasteiger partial charge on any atom is 0.140 e. The average molecular weight is 245 g/mol. The Kier molecular flexibility index (Phi) is 5.41. The third kappa shape index (κ3) is 3.87. The summed E-state index contributed by atoms with van der Waals surface area (Å²) >= 11 is 2.04. The third-order valence-electron chi connectivity index (χ3n) is 3.01. The number of hydrogen-bond acceptors (Lipinski definition) is 4. The van der Waals surface area contributed by atoms with E-state index in [1.54, 1.807) is 0 Å². The molecule has 1 fully saturated rings. The Balaban J connectivity index is 2.57. The molecule has 0 radical (unpaired) electrons. The first-order chi connectivity index (χ1) is 7.56. The van der Waals surface area contributed by atoms with Gasteiger partial charge in [-0.1, -0.05) is 25.9 Å². The molecule has 0 amide bonds. The van der Waals surface area contributed by atoms with E-state index in [1.807, 2.05) is 11.8 Å². The quantitative estimate of drug-likeness (QED) is 0.343. The van der Waals surface area contributed by atoms with Crippen molar-refractivity contribution in [3.05, 3.63) is 0 Å². The smallest absolute Gasteiger partial charge is 0.140 e. The maximum atomic E-state index is 8.62. The van der Waals surface area contributed by atoms with Gasteiger partial charge in [0.1, 0.15) is 5.84 Å². The van der Waals surface area contributed by atoms with E-state index in [9.17, 15) is 0 Å². The molecule has 0 bridgehead atoms. The van der Waals surface area contributed by atoms with E-state index < -0.39 is 0 Å². The molecule has 0 aliphatic carbocycles. The van der Waals surface area contributed by atoms with Gasteiger partial charge in [-0.3, -0.25) is 4.90 Å². The Morgan fingerprint density at radius 1 is 1.50 bits per heavy atom. The number of oxime groups is 1. The van der Waals surface area contributed by atoms with E-state index in [1.165, 1.54) is 0 Å². The molecule has 1 heterocycles. The molecular formula is C11H23N3OS. The van der Waals surface area contributed by atoms with Gasteiger partial charge < -0.3 is 10.9 Å². The number of nitrogens with two attached hydrogens (primary N) is 1. The van der Waals surface area contributed by atoms with E-state index in [0.717, 1.165) is 19.5 Å². The molecule has 1 saturated heterocycles. The second-order valence-corrected chi connectivity index (χ2v) is 6.45. The largest absolute Gasteiger partial charge is 0.409 e. The Bertz CT molecular complexity index is 237. The van der Waals surface area contributed by atoms with Gasteiger partial charge in [-0.25, -0.2) is 0 Å². The third-order valence-corrected chi connectivity index (χ3v) is 4.24. The molecule has 3 atom stereocenters. The second-order valence-electron chi connectivity index (χ2n) is 4.57. The summed E-state index contributed by atoms with van der Waals surface area (Å²) in [6.07, 6.45) is 1.71. The van der Waals surface area contributed by atoms with Crippen molar-refractivity contribution in [3.8, 4) is 0 Å². The van der Waals surface area contributed by atoms with E-state index >= 15 is 0 Å². The van der Waals surface area contributed by atoms with Crippen molar-refractivity contribution < 1.29 is 5.21 Å². The molecule has 94 valence electrons. The van der Waals surface area contributed by atoms with Crippen LogP contribution in [-0.2, 0) is 0 Å². The first-order valence-electron chi connectivity index (χ1n) is 5.92. The molecule has 4 nitrogen and oxygen atoms in total. The lowest BCUT2D eigenvalue weighted by atomic mass is 10.1. The van der Waals surface area contributed by atoms with Crippen LogP contribution in [0.3, 0.4) is 0 Å². The van der Waals surface area contributed by atoms with Gasteiger partial charge in [0.2, 0.25) is 0 Å². The first-order valence-corrected chi connectivity index (χ1v) is 6.87. The minimum Gasteiger partial charge on any atom is -0.409 e. The lowest BCUT2D eigenvalue weighted by molar-refractivity contribution is 0.191. The topological polar surface area (TPSA) is 61.9 Å². The summed E-state index contributed by atoms with van der Waals surface area (Å²) in [5.74, 6) is 0.338. The van der Waals surface area contributed by atoms with Gasteiger partial charge in [0.15, 0.2) is 0 Å². The molecule has 3 unspecified atom stereocenters. The molecule has 0 saturated carbocycles. The van der Waals surface area contributed by atoms with Crippen LogP contribution in [0.1, 0.15) is 33.6 Å². The van der Waals surface area contributed by atoms with Gasteiger partial charge in [0.25, 0.3) is 0 Å². The standard InChI is InChI=1S/C11H23N3OS/c1-4-10(5-11(12)13-15)14-6-8(2)16-9(3)7-14/h8-10,15H,4-7H2,1-3H3,(H2,12,13). The van der Waals surface area contributed by atoms with Crippen molar-refractivity contribution in [2.24, 2.45) is 10.9 Å². The number of rotatable bonds is 4. The fraction of sp³-hybridized carbons (Fsp3) is 0.909. The summed E-state index contributed by atoms with van der Waals surface area (Å²) < 4.78 is 0. The van der Waals surface area contributed by atoms with Crippen LogP contribution in [-0.4, -0.2) is 45.6 Å². The van der Waals surface area contributed by atoms with Crippen LogP contribution in [0.2, 0.25) is 0 Å². The lowest BCUT2D eigenvalue weighted by Gasteiger charge is -2.39. The van der Waals surface area contributed by atoms with Crippen LogP contribution in [0, 0.1) is 0 Å². The highest BCUT2D eigenvalue weighted by Gasteiger charge is 2.27. The Morgan fingerprint density at radius 3 is 2.50 bits per heavy atom. The maximum absolute atomic E-state index is 8.62. The molecule has 16 heavy (non-hydrogen) atoms. The zero-order valence-electron chi connectivity index (χ0n) is 10.4. The minimum absolute atomic E-state index is 0.338.